The molecule has 1 aromatic rings. The molecule has 8 heteroatoms. The molecule has 8 nitrogen and oxygen atoms in total. The lowest BCUT2D eigenvalue weighted by molar-refractivity contribution is -0.384. The summed E-state index contributed by atoms with van der Waals surface area (Å²) in [5, 5.41) is 13.3. The molecule has 0 bridgehead atoms. The van der Waals surface area contributed by atoms with E-state index >= 15 is 0 Å². The van der Waals surface area contributed by atoms with Crippen LogP contribution in [0.15, 0.2) is 30.3 Å². The first-order chi connectivity index (χ1) is 12.1. The van der Waals surface area contributed by atoms with Gasteiger partial charge in [-0.25, -0.2) is 4.79 Å². The first kappa shape index (κ1) is 21.1. The molecular formula is C18H25N3O5. The number of nitrogens with one attached hydrogen (secondary N) is 1. The lowest BCUT2D eigenvalue weighted by Gasteiger charge is -2.26. The number of benzene rings is 1. The first-order valence-corrected chi connectivity index (χ1v) is 8.30. The molecule has 0 heterocycles. The average Bonchev–Trinajstić information content (AvgIpc) is 2.55. The molecule has 0 fully saturated rings. The maximum Gasteiger partial charge on any atom is 0.410 e. The Kier molecular flexibility index (Phi) is 7.77. The lowest BCUT2D eigenvalue weighted by atomic mass is 10.2. The maximum absolute atomic E-state index is 12.0. The van der Waals surface area contributed by atoms with Crippen molar-refractivity contribution in [3.63, 3.8) is 0 Å². The van der Waals surface area contributed by atoms with E-state index in [2.05, 4.69) is 5.32 Å². The number of rotatable bonds is 7. The molecular weight excluding hydrogens is 338 g/mol. The van der Waals surface area contributed by atoms with Crippen LogP contribution in [0.25, 0.3) is 6.08 Å². The van der Waals surface area contributed by atoms with Crippen molar-refractivity contribution in [3.05, 3.63) is 46.0 Å². The zero-order valence-electron chi connectivity index (χ0n) is 15.5. The highest BCUT2D eigenvalue weighted by Gasteiger charge is 2.20. The number of nitrogens with zero attached hydrogens (tertiary/aromatic N) is 2. The van der Waals surface area contributed by atoms with Crippen LogP contribution in [0.1, 0.15) is 33.3 Å². The van der Waals surface area contributed by atoms with Crippen LogP contribution in [-0.4, -0.2) is 47.1 Å². The van der Waals surface area contributed by atoms with E-state index in [-0.39, 0.29) is 18.1 Å². The summed E-state index contributed by atoms with van der Waals surface area (Å²) in [6.07, 6.45) is 2.48. The quantitative estimate of drug-likeness (QED) is 0.456. The van der Waals surface area contributed by atoms with E-state index in [4.69, 9.17) is 4.74 Å². The molecule has 2 amide bonds. The number of likely N-dealkylation sites (N-methyl/N-ethyl adjacent to an activating group) is 1. The minimum atomic E-state index is -0.568. The Labute approximate surface area is 153 Å². The third-order valence-corrected chi connectivity index (χ3v) is 3.25. The number of nitro groups is 1. The van der Waals surface area contributed by atoms with Crippen molar-refractivity contribution >= 4 is 23.8 Å². The van der Waals surface area contributed by atoms with Gasteiger partial charge in [0.05, 0.1) is 4.92 Å². The van der Waals surface area contributed by atoms with E-state index in [0.29, 0.717) is 18.7 Å². The van der Waals surface area contributed by atoms with Gasteiger partial charge in [-0.1, -0.05) is 0 Å². The highest BCUT2D eigenvalue weighted by Crippen LogP contribution is 2.12. The molecule has 0 saturated carbocycles. The molecule has 0 unspecified atom stereocenters. The molecule has 1 N–H and O–H groups in total. The van der Waals surface area contributed by atoms with Gasteiger partial charge in [-0.05, 0) is 51.5 Å². The van der Waals surface area contributed by atoms with Gasteiger partial charge in [0.2, 0.25) is 5.91 Å². The van der Waals surface area contributed by atoms with Crippen LogP contribution in [0.2, 0.25) is 0 Å². The van der Waals surface area contributed by atoms with E-state index in [1.54, 1.807) is 39.0 Å². The molecule has 0 atom stereocenters. The number of carbonyl (C=O) groups excluding carboxylic acids is 2. The summed E-state index contributed by atoms with van der Waals surface area (Å²) in [5.41, 5.74) is 0.101. The van der Waals surface area contributed by atoms with Gasteiger partial charge in [0.25, 0.3) is 5.69 Å². The monoisotopic (exact) mass is 363 g/mol. The largest absolute Gasteiger partial charge is 0.444 e. The van der Waals surface area contributed by atoms with Gasteiger partial charge in [-0.3, -0.25) is 14.9 Å². The molecule has 0 aliphatic rings. The van der Waals surface area contributed by atoms with Gasteiger partial charge < -0.3 is 15.0 Å². The Morgan fingerprint density at radius 1 is 1.27 bits per heavy atom. The van der Waals surface area contributed by atoms with E-state index in [9.17, 15) is 19.7 Å². The average molecular weight is 363 g/mol. The molecule has 1 rings (SSSR count). The Morgan fingerprint density at radius 2 is 1.88 bits per heavy atom. The van der Waals surface area contributed by atoms with E-state index in [1.165, 1.54) is 23.1 Å². The van der Waals surface area contributed by atoms with Crippen LogP contribution in [-0.2, 0) is 9.53 Å². The van der Waals surface area contributed by atoms with Gasteiger partial charge in [0, 0.05) is 37.8 Å². The zero-order valence-corrected chi connectivity index (χ0v) is 15.5. The van der Waals surface area contributed by atoms with Crippen molar-refractivity contribution < 1.29 is 19.2 Å². The lowest BCUT2D eigenvalue weighted by Crippen LogP contribution is -2.41. The second-order valence-corrected chi connectivity index (χ2v) is 6.53. The van der Waals surface area contributed by atoms with Crippen LogP contribution in [0.5, 0.6) is 0 Å². The summed E-state index contributed by atoms with van der Waals surface area (Å²) in [6.45, 7) is 8.32. The van der Waals surface area contributed by atoms with Gasteiger partial charge in [-0.2, -0.15) is 0 Å². The first-order valence-electron chi connectivity index (χ1n) is 8.30. The number of hydrogen-bond acceptors (Lipinski definition) is 5. The van der Waals surface area contributed by atoms with Crippen LogP contribution in [0.3, 0.4) is 0 Å². The predicted octanol–water partition coefficient (Wildman–Crippen LogP) is 2.98. The zero-order chi connectivity index (χ0) is 19.7. The third-order valence-electron chi connectivity index (χ3n) is 3.25. The standard InChI is InChI=1S/C18H25N3O5/c1-5-20(17(23)26-18(2,3)4)13-12-19-16(22)11-8-14-6-9-15(10-7-14)21(24)25/h6-11H,5,12-13H2,1-4H3,(H,19,22). The molecule has 0 saturated heterocycles. The Morgan fingerprint density at radius 3 is 2.38 bits per heavy atom. The van der Waals surface area contributed by atoms with Crippen LogP contribution in [0, 0.1) is 10.1 Å². The van der Waals surface area contributed by atoms with Crippen molar-refractivity contribution in [2.24, 2.45) is 0 Å². The molecule has 0 spiro atoms. The molecule has 1 aromatic carbocycles. The topological polar surface area (TPSA) is 102 Å². The normalized spacial score (nSPS) is 11.2. The van der Waals surface area contributed by atoms with E-state index < -0.39 is 16.6 Å². The summed E-state index contributed by atoms with van der Waals surface area (Å²) in [4.78, 5) is 35.4. The van der Waals surface area contributed by atoms with Crippen molar-refractivity contribution in [1.29, 1.82) is 0 Å². The smallest absolute Gasteiger partial charge is 0.410 e. The number of carbonyl (C=O) groups is 2. The van der Waals surface area contributed by atoms with E-state index in [0.717, 1.165) is 0 Å². The van der Waals surface area contributed by atoms with Crippen LogP contribution >= 0.6 is 0 Å². The van der Waals surface area contributed by atoms with Gasteiger partial charge in [0.1, 0.15) is 5.60 Å². The number of amides is 2. The third kappa shape index (κ3) is 7.78. The SMILES string of the molecule is CCN(CCNC(=O)C=Cc1ccc([N+](=O)[O-])cc1)C(=O)OC(C)(C)C. The Bertz CT molecular complexity index is 662. The molecule has 26 heavy (non-hydrogen) atoms. The van der Waals surface area contributed by atoms with E-state index in [1.807, 2.05) is 6.92 Å². The van der Waals surface area contributed by atoms with Crippen molar-refractivity contribution in [3.8, 4) is 0 Å². The Balaban J connectivity index is 2.45. The molecule has 0 aliphatic carbocycles. The number of hydrogen-bond donors (Lipinski definition) is 1. The number of nitro benzene ring substituents is 1. The second-order valence-electron chi connectivity index (χ2n) is 6.53. The molecule has 0 aliphatic heterocycles. The summed E-state index contributed by atoms with van der Waals surface area (Å²) in [6, 6.07) is 5.86. The van der Waals surface area contributed by atoms with Crippen molar-refractivity contribution in [1.82, 2.24) is 10.2 Å². The predicted molar refractivity (Wildman–Crippen MR) is 98.6 cm³/mol. The van der Waals surface area contributed by atoms with Crippen molar-refractivity contribution in [2.75, 3.05) is 19.6 Å². The van der Waals surface area contributed by atoms with Crippen molar-refractivity contribution in [2.45, 2.75) is 33.3 Å². The fourth-order valence-electron chi connectivity index (χ4n) is 1.96. The summed E-state index contributed by atoms with van der Waals surface area (Å²) >= 11 is 0. The highest BCUT2D eigenvalue weighted by atomic mass is 16.6. The van der Waals surface area contributed by atoms with Gasteiger partial charge in [0.15, 0.2) is 0 Å². The summed E-state index contributed by atoms with van der Waals surface area (Å²) in [7, 11) is 0. The fraction of sp³-hybridized carbons (Fsp3) is 0.444. The molecule has 0 radical (unpaired) electrons. The van der Waals surface area contributed by atoms with Crippen LogP contribution in [0.4, 0.5) is 10.5 Å². The summed E-state index contributed by atoms with van der Waals surface area (Å²) < 4.78 is 5.29. The van der Waals surface area contributed by atoms with Gasteiger partial charge in [-0.15, -0.1) is 0 Å². The second kappa shape index (κ2) is 9.55. The minimum absolute atomic E-state index is 0.00611. The minimum Gasteiger partial charge on any atom is -0.444 e. The maximum atomic E-state index is 12.0. The number of ether oxygens (including phenoxy) is 1. The molecule has 0 aromatic heterocycles. The summed E-state index contributed by atoms with van der Waals surface area (Å²) in [5.74, 6) is -0.316. The van der Waals surface area contributed by atoms with Gasteiger partial charge >= 0.3 is 6.09 Å². The Hall–Kier alpha value is -2.90. The highest BCUT2D eigenvalue weighted by molar-refractivity contribution is 5.91. The van der Waals surface area contributed by atoms with Crippen LogP contribution < -0.4 is 5.32 Å². The fourth-order valence-corrected chi connectivity index (χ4v) is 1.96. The number of non-ortho nitro benzene ring substituents is 1. The molecule has 142 valence electrons.